The lowest BCUT2D eigenvalue weighted by Crippen LogP contribution is -2.61. The van der Waals surface area contributed by atoms with Crippen molar-refractivity contribution >= 4 is 0 Å². The van der Waals surface area contributed by atoms with Gasteiger partial charge < -0.3 is 5.11 Å². The molecule has 0 amide bonds. The fourth-order valence-electron chi connectivity index (χ4n) is 3.44. The molecule has 2 atom stereocenters. The van der Waals surface area contributed by atoms with E-state index in [1.54, 1.807) is 25.1 Å². The maximum absolute atomic E-state index is 13.8. The van der Waals surface area contributed by atoms with Crippen molar-refractivity contribution in [3.63, 3.8) is 0 Å². The Morgan fingerprint density at radius 3 is 2.21 bits per heavy atom. The molecule has 2 rings (SSSR count). The molecule has 0 aromatic heterocycles. The van der Waals surface area contributed by atoms with Crippen LogP contribution in [0.15, 0.2) is 30.3 Å². The molecule has 1 N–H and O–H groups in total. The SMILES string of the molecule is CCC1(O)CCCCC1(c1ccccc1)C(F)(F)F. The van der Waals surface area contributed by atoms with Gasteiger partial charge in [-0.1, -0.05) is 50.1 Å². The second-order valence-electron chi connectivity index (χ2n) is 5.36. The Labute approximate surface area is 111 Å². The van der Waals surface area contributed by atoms with E-state index in [0.29, 0.717) is 12.8 Å². The molecule has 1 aliphatic carbocycles. The van der Waals surface area contributed by atoms with Crippen LogP contribution in [0, 0.1) is 0 Å². The zero-order valence-electron chi connectivity index (χ0n) is 11.0. The molecule has 1 aromatic rings. The number of hydrogen-bond acceptors (Lipinski definition) is 1. The summed E-state index contributed by atoms with van der Waals surface area (Å²) in [6.07, 6.45) is -3.02. The highest BCUT2D eigenvalue weighted by Gasteiger charge is 2.66. The predicted octanol–water partition coefficient (Wildman–Crippen LogP) is 4.20. The molecule has 0 aliphatic heterocycles. The van der Waals surface area contributed by atoms with Crippen LogP contribution >= 0.6 is 0 Å². The van der Waals surface area contributed by atoms with Gasteiger partial charge in [0.25, 0.3) is 0 Å². The van der Waals surface area contributed by atoms with Crippen molar-refractivity contribution in [1.82, 2.24) is 0 Å². The minimum atomic E-state index is -4.44. The third-order valence-electron chi connectivity index (χ3n) is 4.52. The van der Waals surface area contributed by atoms with E-state index in [4.69, 9.17) is 0 Å². The standard InChI is InChI=1S/C15H19F3O/c1-2-13(19)10-6-7-11-14(13,15(16,17)18)12-8-4-3-5-9-12/h3-5,8-9,19H,2,6-7,10-11H2,1H3. The van der Waals surface area contributed by atoms with Crippen LogP contribution in [-0.2, 0) is 5.41 Å². The van der Waals surface area contributed by atoms with E-state index in [2.05, 4.69) is 0 Å². The molecule has 2 unspecified atom stereocenters. The Bertz CT molecular complexity index is 429. The number of benzene rings is 1. The van der Waals surface area contributed by atoms with Crippen LogP contribution in [0.25, 0.3) is 0 Å². The van der Waals surface area contributed by atoms with Gasteiger partial charge in [-0.2, -0.15) is 13.2 Å². The summed E-state index contributed by atoms with van der Waals surface area (Å²) in [6.45, 7) is 1.63. The predicted molar refractivity (Wildman–Crippen MR) is 67.9 cm³/mol. The molecule has 0 heterocycles. The molecular weight excluding hydrogens is 253 g/mol. The first-order chi connectivity index (χ1) is 8.87. The summed E-state index contributed by atoms with van der Waals surface area (Å²) in [5, 5.41) is 10.7. The third kappa shape index (κ3) is 2.06. The van der Waals surface area contributed by atoms with E-state index in [1.165, 1.54) is 12.1 Å². The minimum Gasteiger partial charge on any atom is -0.389 e. The molecule has 0 bridgehead atoms. The first kappa shape index (κ1) is 14.4. The van der Waals surface area contributed by atoms with E-state index in [9.17, 15) is 18.3 Å². The van der Waals surface area contributed by atoms with Crippen LogP contribution < -0.4 is 0 Å². The third-order valence-corrected chi connectivity index (χ3v) is 4.52. The van der Waals surface area contributed by atoms with Crippen molar-refractivity contribution in [2.75, 3.05) is 0 Å². The van der Waals surface area contributed by atoms with Crippen molar-refractivity contribution in [3.05, 3.63) is 35.9 Å². The Hall–Kier alpha value is -1.03. The molecule has 0 spiro atoms. The molecule has 1 saturated carbocycles. The van der Waals surface area contributed by atoms with Gasteiger partial charge in [0.2, 0.25) is 0 Å². The summed E-state index contributed by atoms with van der Waals surface area (Å²) in [5.41, 5.74) is -3.65. The summed E-state index contributed by atoms with van der Waals surface area (Å²) >= 11 is 0. The van der Waals surface area contributed by atoms with Crippen LogP contribution in [0.2, 0.25) is 0 Å². The Kier molecular flexibility index (Phi) is 3.65. The Balaban J connectivity index is 2.64. The summed E-state index contributed by atoms with van der Waals surface area (Å²) in [4.78, 5) is 0. The number of hydrogen-bond donors (Lipinski definition) is 1. The lowest BCUT2D eigenvalue weighted by Gasteiger charge is -2.51. The highest BCUT2D eigenvalue weighted by molar-refractivity contribution is 5.33. The maximum Gasteiger partial charge on any atom is 0.401 e. The van der Waals surface area contributed by atoms with Crippen LogP contribution in [0.5, 0.6) is 0 Å². The summed E-state index contributed by atoms with van der Waals surface area (Å²) in [6, 6.07) is 7.88. The molecule has 4 heteroatoms. The second-order valence-corrected chi connectivity index (χ2v) is 5.36. The monoisotopic (exact) mass is 272 g/mol. The first-order valence-electron chi connectivity index (χ1n) is 6.72. The molecule has 1 fully saturated rings. The van der Waals surface area contributed by atoms with Crippen molar-refractivity contribution in [1.29, 1.82) is 0 Å². The second kappa shape index (κ2) is 4.82. The fraction of sp³-hybridized carbons (Fsp3) is 0.600. The molecule has 0 radical (unpaired) electrons. The lowest BCUT2D eigenvalue weighted by molar-refractivity contribution is -0.258. The molecule has 19 heavy (non-hydrogen) atoms. The number of alkyl halides is 3. The van der Waals surface area contributed by atoms with Crippen molar-refractivity contribution < 1.29 is 18.3 Å². The average Bonchev–Trinajstić information content (AvgIpc) is 2.39. The molecule has 1 nitrogen and oxygen atoms in total. The first-order valence-corrected chi connectivity index (χ1v) is 6.72. The molecular formula is C15H19F3O. The van der Waals surface area contributed by atoms with Crippen molar-refractivity contribution in [2.45, 2.75) is 56.2 Å². The van der Waals surface area contributed by atoms with Crippen molar-refractivity contribution in [2.24, 2.45) is 0 Å². The Morgan fingerprint density at radius 1 is 1.11 bits per heavy atom. The van der Waals surface area contributed by atoms with Gasteiger partial charge in [0, 0.05) is 0 Å². The zero-order chi connectivity index (χ0) is 14.1. The quantitative estimate of drug-likeness (QED) is 0.855. The van der Waals surface area contributed by atoms with E-state index >= 15 is 0 Å². The van der Waals surface area contributed by atoms with Gasteiger partial charge >= 0.3 is 6.18 Å². The van der Waals surface area contributed by atoms with Gasteiger partial charge in [-0.3, -0.25) is 0 Å². The van der Waals surface area contributed by atoms with Crippen LogP contribution in [0.1, 0.15) is 44.6 Å². The van der Waals surface area contributed by atoms with E-state index in [-0.39, 0.29) is 24.8 Å². The highest BCUT2D eigenvalue weighted by Crippen LogP contribution is 2.56. The van der Waals surface area contributed by atoms with Gasteiger partial charge in [0.1, 0.15) is 5.41 Å². The van der Waals surface area contributed by atoms with Gasteiger partial charge in [0.15, 0.2) is 0 Å². The lowest BCUT2D eigenvalue weighted by atomic mass is 9.58. The van der Waals surface area contributed by atoms with Gasteiger partial charge in [-0.25, -0.2) is 0 Å². The zero-order valence-corrected chi connectivity index (χ0v) is 11.0. The molecule has 1 aromatic carbocycles. The van der Waals surface area contributed by atoms with E-state index < -0.39 is 17.2 Å². The summed E-state index contributed by atoms with van der Waals surface area (Å²) in [5.74, 6) is 0. The summed E-state index contributed by atoms with van der Waals surface area (Å²) < 4.78 is 41.4. The average molecular weight is 272 g/mol. The van der Waals surface area contributed by atoms with E-state index in [0.717, 1.165) is 0 Å². The Morgan fingerprint density at radius 2 is 1.68 bits per heavy atom. The van der Waals surface area contributed by atoms with E-state index in [1.807, 2.05) is 0 Å². The van der Waals surface area contributed by atoms with Crippen LogP contribution in [-0.4, -0.2) is 16.9 Å². The highest BCUT2D eigenvalue weighted by atomic mass is 19.4. The maximum atomic E-state index is 13.8. The largest absolute Gasteiger partial charge is 0.401 e. The summed E-state index contributed by atoms with van der Waals surface area (Å²) in [7, 11) is 0. The van der Waals surface area contributed by atoms with Gasteiger partial charge in [0.05, 0.1) is 5.60 Å². The number of halogens is 3. The molecule has 106 valence electrons. The number of aliphatic hydroxyl groups is 1. The smallest absolute Gasteiger partial charge is 0.389 e. The van der Waals surface area contributed by atoms with Gasteiger partial charge in [-0.15, -0.1) is 0 Å². The fourth-order valence-corrected chi connectivity index (χ4v) is 3.44. The molecule has 1 aliphatic rings. The van der Waals surface area contributed by atoms with Crippen LogP contribution in [0.4, 0.5) is 13.2 Å². The topological polar surface area (TPSA) is 20.2 Å². The van der Waals surface area contributed by atoms with Crippen molar-refractivity contribution in [3.8, 4) is 0 Å². The minimum absolute atomic E-state index is 0.0369. The van der Waals surface area contributed by atoms with Crippen LogP contribution in [0.3, 0.4) is 0 Å². The molecule has 0 saturated heterocycles. The normalized spacial score (nSPS) is 32.3. The van der Waals surface area contributed by atoms with Gasteiger partial charge in [-0.05, 0) is 24.8 Å². The number of rotatable bonds is 2.